The van der Waals surface area contributed by atoms with E-state index in [0.717, 1.165) is 32.1 Å². The first-order chi connectivity index (χ1) is 11.4. The fraction of sp³-hybridized carbons (Fsp3) is 0.556. The zero-order valence-corrected chi connectivity index (χ0v) is 14.4. The quantitative estimate of drug-likeness (QED) is 0.707. The third-order valence-electron chi connectivity index (χ3n) is 4.53. The molecule has 0 saturated heterocycles. The summed E-state index contributed by atoms with van der Waals surface area (Å²) >= 11 is 0. The number of nitrogens with zero attached hydrogens (tertiary/aromatic N) is 1. The SMILES string of the molecule is CN(C)CC(=O)NNC(=O)[C@](O)(c1ccccc1)C1CCCCC1. The van der Waals surface area contributed by atoms with Gasteiger partial charge in [0.15, 0.2) is 5.60 Å². The molecule has 1 aliphatic carbocycles. The van der Waals surface area contributed by atoms with Gasteiger partial charge in [-0.15, -0.1) is 0 Å². The lowest BCUT2D eigenvalue weighted by atomic mass is 9.73. The highest BCUT2D eigenvalue weighted by molar-refractivity contribution is 5.89. The number of amides is 2. The standard InChI is InChI=1S/C18H27N3O3/c1-21(2)13-16(22)19-20-17(23)18(24,14-9-5-3-6-10-14)15-11-7-4-8-12-15/h3,5-6,9-10,15,24H,4,7-8,11-13H2,1-2H3,(H,19,22)(H,20,23)/t18-/m0/s1. The normalized spacial score (nSPS) is 18.0. The molecule has 6 nitrogen and oxygen atoms in total. The van der Waals surface area contributed by atoms with Crippen molar-refractivity contribution in [3.8, 4) is 0 Å². The number of hydrogen-bond donors (Lipinski definition) is 3. The number of aliphatic hydroxyl groups is 1. The van der Waals surface area contributed by atoms with Crippen LogP contribution in [0.15, 0.2) is 30.3 Å². The van der Waals surface area contributed by atoms with Crippen molar-refractivity contribution in [1.82, 2.24) is 15.8 Å². The van der Waals surface area contributed by atoms with Gasteiger partial charge in [-0.2, -0.15) is 0 Å². The second-order valence-corrected chi connectivity index (χ2v) is 6.71. The molecule has 1 saturated carbocycles. The first kappa shape index (κ1) is 18.4. The van der Waals surface area contributed by atoms with E-state index in [-0.39, 0.29) is 18.4 Å². The van der Waals surface area contributed by atoms with Gasteiger partial charge < -0.3 is 10.0 Å². The number of carbonyl (C=O) groups excluding carboxylic acids is 2. The number of benzene rings is 1. The Balaban J connectivity index is 2.16. The molecule has 1 aliphatic rings. The Bertz CT molecular complexity index is 556. The zero-order valence-electron chi connectivity index (χ0n) is 14.4. The summed E-state index contributed by atoms with van der Waals surface area (Å²) in [5, 5.41) is 11.3. The van der Waals surface area contributed by atoms with Gasteiger partial charge >= 0.3 is 0 Å². The van der Waals surface area contributed by atoms with Crippen LogP contribution in [0.2, 0.25) is 0 Å². The zero-order chi connectivity index (χ0) is 17.6. The lowest BCUT2D eigenvalue weighted by molar-refractivity contribution is -0.152. The minimum Gasteiger partial charge on any atom is -0.375 e. The topological polar surface area (TPSA) is 81.7 Å². The predicted molar refractivity (Wildman–Crippen MR) is 91.8 cm³/mol. The Morgan fingerprint density at radius 2 is 1.75 bits per heavy atom. The van der Waals surface area contributed by atoms with Crippen molar-refractivity contribution in [2.24, 2.45) is 5.92 Å². The molecular formula is C18H27N3O3. The molecule has 3 N–H and O–H groups in total. The molecule has 0 unspecified atom stereocenters. The summed E-state index contributed by atoms with van der Waals surface area (Å²) in [6.45, 7) is 0.160. The molecule has 0 aliphatic heterocycles. The van der Waals surface area contributed by atoms with Crippen molar-refractivity contribution >= 4 is 11.8 Å². The van der Waals surface area contributed by atoms with Crippen LogP contribution in [-0.2, 0) is 15.2 Å². The van der Waals surface area contributed by atoms with Gasteiger partial charge in [0.1, 0.15) is 0 Å². The largest absolute Gasteiger partial charge is 0.375 e. The number of hydrogen-bond acceptors (Lipinski definition) is 4. The summed E-state index contributed by atoms with van der Waals surface area (Å²) in [7, 11) is 3.54. The second kappa shape index (κ2) is 8.26. The number of likely N-dealkylation sites (N-methyl/N-ethyl adjacent to an activating group) is 1. The lowest BCUT2D eigenvalue weighted by Gasteiger charge is -2.37. The molecule has 0 aromatic heterocycles. The molecule has 1 aromatic rings. The van der Waals surface area contributed by atoms with E-state index in [4.69, 9.17) is 0 Å². The van der Waals surface area contributed by atoms with Gasteiger partial charge in [-0.25, -0.2) is 0 Å². The molecule has 0 spiro atoms. The number of rotatable bonds is 5. The molecule has 2 rings (SSSR count). The molecule has 0 heterocycles. The third kappa shape index (κ3) is 4.33. The molecule has 24 heavy (non-hydrogen) atoms. The minimum atomic E-state index is -1.63. The monoisotopic (exact) mass is 333 g/mol. The lowest BCUT2D eigenvalue weighted by Crippen LogP contribution is -2.56. The summed E-state index contributed by atoms with van der Waals surface area (Å²) in [6, 6.07) is 8.98. The summed E-state index contributed by atoms with van der Waals surface area (Å²) in [6.07, 6.45) is 4.72. The van der Waals surface area contributed by atoms with Crippen LogP contribution in [0.4, 0.5) is 0 Å². The maximum absolute atomic E-state index is 12.8. The highest BCUT2D eigenvalue weighted by Crippen LogP contribution is 2.39. The van der Waals surface area contributed by atoms with Crippen LogP contribution in [0.1, 0.15) is 37.7 Å². The van der Waals surface area contributed by atoms with Crippen molar-refractivity contribution in [3.05, 3.63) is 35.9 Å². The Kier molecular flexibility index (Phi) is 6.34. The number of carbonyl (C=O) groups is 2. The van der Waals surface area contributed by atoms with Crippen molar-refractivity contribution in [3.63, 3.8) is 0 Å². The van der Waals surface area contributed by atoms with Crippen molar-refractivity contribution in [1.29, 1.82) is 0 Å². The van der Waals surface area contributed by atoms with Gasteiger partial charge in [0.25, 0.3) is 11.8 Å². The maximum atomic E-state index is 12.8. The van der Waals surface area contributed by atoms with Gasteiger partial charge in [0.05, 0.1) is 6.54 Å². The average Bonchev–Trinajstić information content (AvgIpc) is 2.60. The third-order valence-corrected chi connectivity index (χ3v) is 4.53. The van der Waals surface area contributed by atoms with Crippen LogP contribution >= 0.6 is 0 Å². The number of nitrogens with one attached hydrogen (secondary N) is 2. The first-order valence-corrected chi connectivity index (χ1v) is 8.46. The molecule has 1 atom stereocenters. The molecule has 0 radical (unpaired) electrons. The van der Waals surface area contributed by atoms with E-state index in [1.54, 1.807) is 43.3 Å². The van der Waals surface area contributed by atoms with E-state index in [1.165, 1.54) is 0 Å². The molecule has 2 amide bonds. The van der Waals surface area contributed by atoms with Crippen LogP contribution in [0.25, 0.3) is 0 Å². The fourth-order valence-corrected chi connectivity index (χ4v) is 3.31. The molecule has 0 bridgehead atoms. The summed E-state index contributed by atoms with van der Waals surface area (Å²) in [4.78, 5) is 26.2. The molecule has 132 valence electrons. The van der Waals surface area contributed by atoms with Crippen molar-refractivity contribution in [2.45, 2.75) is 37.7 Å². The minimum absolute atomic E-state index is 0.153. The smallest absolute Gasteiger partial charge is 0.275 e. The van der Waals surface area contributed by atoms with Gasteiger partial charge in [-0.3, -0.25) is 20.4 Å². The number of hydrazine groups is 1. The van der Waals surface area contributed by atoms with Gasteiger partial charge in [-0.05, 0) is 32.5 Å². The van der Waals surface area contributed by atoms with E-state index >= 15 is 0 Å². The van der Waals surface area contributed by atoms with Crippen molar-refractivity contribution in [2.75, 3.05) is 20.6 Å². The van der Waals surface area contributed by atoms with Crippen LogP contribution in [0, 0.1) is 5.92 Å². The second-order valence-electron chi connectivity index (χ2n) is 6.71. The first-order valence-electron chi connectivity index (χ1n) is 8.46. The maximum Gasteiger partial charge on any atom is 0.275 e. The van der Waals surface area contributed by atoms with E-state index in [2.05, 4.69) is 10.9 Å². The summed E-state index contributed by atoms with van der Waals surface area (Å²) in [5.41, 5.74) is 3.73. The highest BCUT2D eigenvalue weighted by Gasteiger charge is 2.45. The van der Waals surface area contributed by atoms with Crippen LogP contribution in [0.5, 0.6) is 0 Å². The van der Waals surface area contributed by atoms with Crippen LogP contribution in [0.3, 0.4) is 0 Å². The Morgan fingerprint density at radius 1 is 1.12 bits per heavy atom. The van der Waals surface area contributed by atoms with Crippen LogP contribution in [-0.4, -0.2) is 42.5 Å². The van der Waals surface area contributed by atoms with Crippen molar-refractivity contribution < 1.29 is 14.7 Å². The predicted octanol–water partition coefficient (Wildman–Crippen LogP) is 1.16. The fourth-order valence-electron chi connectivity index (χ4n) is 3.31. The Morgan fingerprint density at radius 3 is 2.33 bits per heavy atom. The Hall–Kier alpha value is -1.92. The molecule has 1 fully saturated rings. The molecular weight excluding hydrogens is 306 g/mol. The average molecular weight is 333 g/mol. The van der Waals surface area contributed by atoms with E-state index in [1.807, 2.05) is 6.07 Å². The van der Waals surface area contributed by atoms with E-state index < -0.39 is 11.5 Å². The van der Waals surface area contributed by atoms with Gasteiger partial charge in [0.2, 0.25) is 0 Å². The van der Waals surface area contributed by atoms with Crippen LogP contribution < -0.4 is 10.9 Å². The molecule has 6 heteroatoms. The highest BCUT2D eigenvalue weighted by atomic mass is 16.3. The van der Waals surface area contributed by atoms with Gasteiger partial charge in [-0.1, -0.05) is 49.6 Å². The Labute approximate surface area is 143 Å². The summed E-state index contributed by atoms with van der Waals surface area (Å²) < 4.78 is 0. The van der Waals surface area contributed by atoms with E-state index in [0.29, 0.717) is 5.56 Å². The molecule has 1 aromatic carbocycles. The van der Waals surface area contributed by atoms with Gasteiger partial charge in [0, 0.05) is 5.92 Å². The van der Waals surface area contributed by atoms with E-state index in [9.17, 15) is 14.7 Å². The summed E-state index contributed by atoms with van der Waals surface area (Å²) in [5.74, 6) is -1.06.